The number of nitrogens with zero attached hydrogens (tertiary/aromatic N) is 3. The second-order valence-corrected chi connectivity index (χ2v) is 8.70. The summed E-state index contributed by atoms with van der Waals surface area (Å²) in [6.07, 6.45) is 0. The van der Waals surface area contributed by atoms with Crippen LogP contribution in [-0.4, -0.2) is 19.5 Å². The Labute approximate surface area is 170 Å². The lowest BCUT2D eigenvalue weighted by Crippen LogP contribution is -2.21. The lowest BCUT2D eigenvalue weighted by atomic mass is 10.3. The van der Waals surface area contributed by atoms with Crippen LogP contribution < -0.4 is 11.1 Å². The fourth-order valence-corrected chi connectivity index (χ4v) is 5.33. The van der Waals surface area contributed by atoms with Crippen LogP contribution in [0, 0.1) is 0 Å². The average Bonchev–Trinajstić information content (AvgIpc) is 3.36. The van der Waals surface area contributed by atoms with Gasteiger partial charge in [0.05, 0.1) is 22.3 Å². The molecule has 0 atom stereocenters. The molecule has 5 aromatic rings. The lowest BCUT2D eigenvalue weighted by Gasteiger charge is -2.11. The normalized spacial score (nSPS) is 11.4. The van der Waals surface area contributed by atoms with Crippen molar-refractivity contribution in [3.63, 3.8) is 0 Å². The van der Waals surface area contributed by atoms with Gasteiger partial charge in [0, 0.05) is 0 Å². The highest BCUT2D eigenvalue weighted by Gasteiger charge is 2.15. The summed E-state index contributed by atoms with van der Waals surface area (Å²) in [4.78, 5) is 38.0. The molecule has 0 aliphatic heterocycles. The molecule has 0 saturated heterocycles. The highest BCUT2D eigenvalue weighted by molar-refractivity contribution is 7.98. The molecule has 1 N–H and O–H groups in total. The molecule has 4 aromatic heterocycles. The van der Waals surface area contributed by atoms with Gasteiger partial charge in [0.1, 0.15) is 15.4 Å². The Morgan fingerprint density at radius 3 is 2.68 bits per heavy atom. The summed E-state index contributed by atoms with van der Waals surface area (Å²) in [5.41, 5.74) is 1.20. The number of rotatable bonds is 4. The van der Waals surface area contributed by atoms with Gasteiger partial charge in [0.2, 0.25) is 0 Å². The van der Waals surface area contributed by atoms with E-state index < -0.39 is 0 Å². The second kappa shape index (κ2) is 7.01. The van der Waals surface area contributed by atoms with Crippen molar-refractivity contribution >= 4 is 54.9 Å². The first-order valence-corrected chi connectivity index (χ1v) is 11.1. The van der Waals surface area contributed by atoms with Gasteiger partial charge in [0.25, 0.3) is 11.1 Å². The summed E-state index contributed by atoms with van der Waals surface area (Å²) < 4.78 is 2.23. The molecular weight excluding hydrogens is 412 g/mol. The van der Waals surface area contributed by atoms with Gasteiger partial charge in [-0.1, -0.05) is 30.0 Å². The SMILES string of the molecule is O=c1[nH]c(CSc2nc3sccc3c(=O)n2-c2ccccc2)nc2ccsc12. The highest BCUT2D eigenvalue weighted by atomic mass is 32.2. The summed E-state index contributed by atoms with van der Waals surface area (Å²) in [7, 11) is 0. The third-order valence-electron chi connectivity index (χ3n) is 4.18. The number of hydrogen-bond donors (Lipinski definition) is 1. The van der Waals surface area contributed by atoms with Crippen molar-refractivity contribution < 1.29 is 0 Å². The number of fused-ring (bicyclic) bond motifs is 2. The van der Waals surface area contributed by atoms with E-state index >= 15 is 0 Å². The number of thioether (sulfide) groups is 1. The fourth-order valence-electron chi connectivity index (χ4n) is 2.92. The lowest BCUT2D eigenvalue weighted by molar-refractivity contribution is 0.821. The van der Waals surface area contributed by atoms with E-state index in [9.17, 15) is 9.59 Å². The van der Waals surface area contributed by atoms with Crippen molar-refractivity contribution in [2.75, 3.05) is 0 Å². The van der Waals surface area contributed by atoms with E-state index in [1.165, 1.54) is 34.4 Å². The van der Waals surface area contributed by atoms with Gasteiger partial charge in [-0.15, -0.1) is 22.7 Å². The standard InChI is InChI=1S/C19H12N4O2S3/c24-16-15-13(7-9-26-15)20-14(21-16)10-28-19-22-17-12(6-8-27-17)18(25)23(19)11-4-2-1-3-5-11/h1-9H,10H2,(H,20,21,24). The van der Waals surface area contributed by atoms with Gasteiger partial charge < -0.3 is 4.98 Å². The van der Waals surface area contributed by atoms with Crippen LogP contribution in [0.1, 0.15) is 5.82 Å². The van der Waals surface area contributed by atoms with Crippen molar-refractivity contribution in [3.05, 3.63) is 79.8 Å². The number of thiophene rings is 2. The minimum absolute atomic E-state index is 0.102. The molecule has 28 heavy (non-hydrogen) atoms. The smallest absolute Gasteiger partial charge is 0.268 e. The van der Waals surface area contributed by atoms with E-state index in [-0.39, 0.29) is 11.1 Å². The van der Waals surface area contributed by atoms with Crippen molar-refractivity contribution in [1.82, 2.24) is 19.5 Å². The minimum atomic E-state index is -0.141. The zero-order chi connectivity index (χ0) is 19.1. The maximum atomic E-state index is 13.1. The Balaban J connectivity index is 1.59. The molecule has 0 aliphatic rings. The summed E-state index contributed by atoms with van der Waals surface area (Å²) in [5.74, 6) is 0.956. The van der Waals surface area contributed by atoms with E-state index in [0.29, 0.717) is 37.2 Å². The maximum Gasteiger partial charge on any atom is 0.268 e. The van der Waals surface area contributed by atoms with Gasteiger partial charge in [-0.05, 0) is 35.0 Å². The van der Waals surface area contributed by atoms with Crippen LogP contribution in [0.4, 0.5) is 0 Å². The summed E-state index contributed by atoms with van der Waals surface area (Å²) >= 11 is 4.19. The largest absolute Gasteiger partial charge is 0.309 e. The number of hydrogen-bond acceptors (Lipinski definition) is 7. The molecule has 0 aliphatic carbocycles. The number of nitrogens with one attached hydrogen (secondary N) is 1. The summed E-state index contributed by atoms with van der Waals surface area (Å²) in [6.45, 7) is 0. The molecule has 5 rings (SSSR count). The van der Waals surface area contributed by atoms with E-state index in [1.807, 2.05) is 47.2 Å². The van der Waals surface area contributed by atoms with Gasteiger partial charge in [-0.2, -0.15) is 0 Å². The van der Waals surface area contributed by atoms with Crippen LogP contribution in [0.5, 0.6) is 0 Å². The number of benzene rings is 1. The number of aromatic amines is 1. The third kappa shape index (κ3) is 2.97. The molecule has 1 aromatic carbocycles. The van der Waals surface area contributed by atoms with Crippen molar-refractivity contribution in [1.29, 1.82) is 0 Å². The first-order chi connectivity index (χ1) is 13.7. The predicted molar refractivity (Wildman–Crippen MR) is 115 cm³/mol. The number of H-pyrrole nitrogens is 1. The van der Waals surface area contributed by atoms with E-state index in [0.717, 1.165) is 5.69 Å². The predicted octanol–water partition coefficient (Wildman–Crippen LogP) is 4.04. The van der Waals surface area contributed by atoms with Crippen molar-refractivity contribution in [3.8, 4) is 5.69 Å². The Bertz CT molecular complexity index is 1420. The second-order valence-electron chi connectivity index (χ2n) is 5.95. The van der Waals surface area contributed by atoms with Crippen LogP contribution in [0.2, 0.25) is 0 Å². The monoisotopic (exact) mass is 424 g/mol. The zero-order valence-corrected chi connectivity index (χ0v) is 16.7. The molecule has 0 spiro atoms. The average molecular weight is 425 g/mol. The summed E-state index contributed by atoms with van der Waals surface area (Å²) in [5, 5.41) is 4.89. The van der Waals surface area contributed by atoms with Crippen molar-refractivity contribution in [2.45, 2.75) is 10.9 Å². The van der Waals surface area contributed by atoms with Gasteiger partial charge in [0.15, 0.2) is 5.16 Å². The molecular formula is C19H12N4O2S3. The van der Waals surface area contributed by atoms with Gasteiger partial charge in [-0.25, -0.2) is 9.97 Å². The molecule has 0 amide bonds. The molecule has 4 heterocycles. The Morgan fingerprint density at radius 1 is 1.00 bits per heavy atom. The molecule has 0 bridgehead atoms. The first kappa shape index (κ1) is 17.4. The quantitative estimate of drug-likeness (QED) is 0.348. The van der Waals surface area contributed by atoms with Crippen molar-refractivity contribution in [2.24, 2.45) is 0 Å². The fraction of sp³-hybridized carbons (Fsp3) is 0.0526. The molecule has 6 nitrogen and oxygen atoms in total. The summed E-state index contributed by atoms with van der Waals surface area (Å²) in [6, 6.07) is 13.1. The maximum absolute atomic E-state index is 13.1. The third-order valence-corrected chi connectivity index (χ3v) is 6.84. The highest BCUT2D eigenvalue weighted by Crippen LogP contribution is 2.26. The van der Waals surface area contributed by atoms with Crippen LogP contribution >= 0.6 is 34.4 Å². The Kier molecular flexibility index (Phi) is 4.34. The minimum Gasteiger partial charge on any atom is -0.309 e. The molecule has 0 fully saturated rings. The van der Waals surface area contributed by atoms with E-state index in [2.05, 4.69) is 15.0 Å². The molecule has 0 saturated carbocycles. The van der Waals surface area contributed by atoms with Crippen LogP contribution in [0.25, 0.3) is 26.1 Å². The topological polar surface area (TPSA) is 80.6 Å². The van der Waals surface area contributed by atoms with Gasteiger partial charge in [-0.3, -0.25) is 14.2 Å². The van der Waals surface area contributed by atoms with E-state index in [4.69, 9.17) is 0 Å². The number of para-hydroxylation sites is 1. The van der Waals surface area contributed by atoms with E-state index in [1.54, 1.807) is 10.6 Å². The molecule has 0 unspecified atom stereocenters. The number of aromatic nitrogens is 4. The first-order valence-electron chi connectivity index (χ1n) is 8.35. The van der Waals surface area contributed by atoms with Crippen LogP contribution in [0.15, 0.2) is 68.0 Å². The van der Waals surface area contributed by atoms with Gasteiger partial charge >= 0.3 is 0 Å². The van der Waals surface area contributed by atoms with Crippen LogP contribution in [0.3, 0.4) is 0 Å². The molecule has 0 radical (unpaired) electrons. The molecule has 9 heteroatoms. The van der Waals surface area contributed by atoms with Crippen LogP contribution in [-0.2, 0) is 5.75 Å². The Morgan fingerprint density at radius 2 is 1.82 bits per heavy atom. The Hall–Kier alpha value is -2.75. The molecule has 138 valence electrons. The zero-order valence-electron chi connectivity index (χ0n) is 14.3.